The summed E-state index contributed by atoms with van der Waals surface area (Å²) < 4.78 is 13.3. The van der Waals surface area contributed by atoms with Crippen molar-refractivity contribution >= 4 is 16.8 Å². The fourth-order valence-electron chi connectivity index (χ4n) is 4.26. The number of aromatic amines is 1. The van der Waals surface area contributed by atoms with Crippen LogP contribution in [-0.2, 0) is 0 Å². The number of carbonyl (C=O) groups excluding carboxylic acids is 1. The molecular weight excluding hydrogens is 317 g/mol. The molecule has 4 rings (SSSR count). The number of carbonyl (C=O) groups is 1. The largest absolute Gasteiger partial charge is 0.351 e. The Morgan fingerprint density at radius 3 is 2.60 bits per heavy atom. The summed E-state index contributed by atoms with van der Waals surface area (Å²) >= 11 is 0. The molecule has 1 aliphatic carbocycles. The number of fused-ring (bicyclic) bond motifs is 1. The van der Waals surface area contributed by atoms with Gasteiger partial charge in [-0.1, -0.05) is 19.3 Å². The number of aromatic nitrogens is 1. The Bertz CT molecular complexity index is 742. The van der Waals surface area contributed by atoms with E-state index in [1.165, 1.54) is 50.8 Å². The first-order valence-corrected chi connectivity index (χ1v) is 9.49. The topological polar surface area (TPSA) is 39.3 Å². The smallest absolute Gasteiger partial charge is 0.270 e. The Hall–Kier alpha value is -1.88. The number of rotatable bonds is 3. The van der Waals surface area contributed by atoms with Crippen LogP contribution in [0.4, 0.5) is 4.39 Å². The van der Waals surface area contributed by atoms with Crippen LogP contribution in [0.1, 0.15) is 42.6 Å². The average molecular weight is 343 g/mol. The molecule has 1 amide bonds. The van der Waals surface area contributed by atoms with Crippen LogP contribution in [0.2, 0.25) is 0 Å². The Labute approximate surface area is 148 Å². The average Bonchev–Trinajstić information content (AvgIpc) is 3.06. The lowest BCUT2D eigenvalue weighted by molar-refractivity contribution is 0.0601. The van der Waals surface area contributed by atoms with Crippen LogP contribution in [0, 0.1) is 11.7 Å². The highest BCUT2D eigenvalue weighted by molar-refractivity contribution is 5.98. The van der Waals surface area contributed by atoms with Crippen molar-refractivity contribution in [2.45, 2.75) is 32.1 Å². The van der Waals surface area contributed by atoms with Gasteiger partial charge in [-0.25, -0.2) is 4.39 Å². The normalized spacial score (nSPS) is 20.3. The molecule has 0 atom stereocenters. The number of H-pyrrole nitrogens is 1. The second-order valence-corrected chi connectivity index (χ2v) is 7.51. The highest BCUT2D eigenvalue weighted by Gasteiger charge is 2.25. The number of hydrogen-bond donors (Lipinski definition) is 1. The lowest BCUT2D eigenvalue weighted by Crippen LogP contribution is -2.50. The molecule has 2 fully saturated rings. The predicted octanol–water partition coefficient (Wildman–Crippen LogP) is 3.65. The second-order valence-electron chi connectivity index (χ2n) is 7.51. The maximum Gasteiger partial charge on any atom is 0.270 e. The summed E-state index contributed by atoms with van der Waals surface area (Å²) in [5.41, 5.74) is 1.36. The minimum absolute atomic E-state index is 0.0222. The van der Waals surface area contributed by atoms with Gasteiger partial charge in [-0.2, -0.15) is 0 Å². The van der Waals surface area contributed by atoms with Crippen molar-refractivity contribution in [2.24, 2.45) is 5.92 Å². The zero-order chi connectivity index (χ0) is 17.2. The van der Waals surface area contributed by atoms with Gasteiger partial charge in [0.15, 0.2) is 0 Å². The molecule has 0 unspecified atom stereocenters. The molecule has 0 spiro atoms. The first-order chi connectivity index (χ1) is 12.2. The van der Waals surface area contributed by atoms with E-state index >= 15 is 0 Å². The number of amides is 1. The number of piperazine rings is 1. The van der Waals surface area contributed by atoms with Gasteiger partial charge in [0.25, 0.3) is 5.91 Å². The van der Waals surface area contributed by atoms with Crippen molar-refractivity contribution in [3.8, 4) is 0 Å². The maximum absolute atomic E-state index is 13.3. The molecule has 1 saturated carbocycles. The Morgan fingerprint density at radius 2 is 1.84 bits per heavy atom. The maximum atomic E-state index is 13.3. The molecule has 1 aromatic carbocycles. The van der Waals surface area contributed by atoms with E-state index in [2.05, 4.69) is 9.88 Å². The molecule has 1 aromatic heterocycles. The molecule has 2 heterocycles. The van der Waals surface area contributed by atoms with Gasteiger partial charge >= 0.3 is 0 Å². The summed E-state index contributed by atoms with van der Waals surface area (Å²) in [6, 6.07) is 6.32. The van der Waals surface area contributed by atoms with E-state index in [1.807, 2.05) is 4.90 Å². The molecule has 25 heavy (non-hydrogen) atoms. The van der Waals surface area contributed by atoms with Crippen molar-refractivity contribution in [1.29, 1.82) is 0 Å². The summed E-state index contributed by atoms with van der Waals surface area (Å²) in [7, 11) is 0. The third-order valence-electron chi connectivity index (χ3n) is 5.71. The molecule has 5 heteroatoms. The van der Waals surface area contributed by atoms with Crippen LogP contribution >= 0.6 is 0 Å². The summed E-state index contributed by atoms with van der Waals surface area (Å²) in [4.78, 5) is 20.3. The SMILES string of the molecule is O=C(c1cc2cc(F)ccc2[nH]1)N1CCN(CC2CCCCC2)CC1. The van der Waals surface area contributed by atoms with Crippen LogP contribution in [0.25, 0.3) is 10.9 Å². The third kappa shape index (κ3) is 3.71. The minimum Gasteiger partial charge on any atom is -0.351 e. The van der Waals surface area contributed by atoms with Gasteiger partial charge in [0.2, 0.25) is 0 Å². The number of nitrogens with zero attached hydrogens (tertiary/aromatic N) is 2. The number of halogens is 1. The standard InChI is InChI=1S/C20H26FN3O/c21-17-6-7-18-16(12-17)13-19(22-18)20(25)24-10-8-23(9-11-24)14-15-4-2-1-3-5-15/h6-7,12-13,15,22H,1-5,8-11,14H2. The molecular formula is C20H26FN3O. The van der Waals surface area contributed by atoms with Gasteiger partial charge in [0, 0.05) is 43.6 Å². The van der Waals surface area contributed by atoms with Gasteiger partial charge in [-0.15, -0.1) is 0 Å². The van der Waals surface area contributed by atoms with Crippen molar-refractivity contribution in [2.75, 3.05) is 32.7 Å². The monoisotopic (exact) mass is 343 g/mol. The van der Waals surface area contributed by atoms with Crippen LogP contribution in [0.5, 0.6) is 0 Å². The van der Waals surface area contributed by atoms with Crippen LogP contribution < -0.4 is 0 Å². The Kier molecular flexibility index (Phi) is 4.75. The second kappa shape index (κ2) is 7.16. The van der Waals surface area contributed by atoms with Crippen molar-refractivity contribution in [1.82, 2.24) is 14.8 Å². The van der Waals surface area contributed by atoms with Gasteiger partial charge in [-0.3, -0.25) is 9.69 Å². The molecule has 1 saturated heterocycles. The third-order valence-corrected chi connectivity index (χ3v) is 5.71. The first-order valence-electron chi connectivity index (χ1n) is 9.49. The van der Waals surface area contributed by atoms with Gasteiger partial charge < -0.3 is 9.88 Å². The zero-order valence-electron chi connectivity index (χ0n) is 14.6. The van der Waals surface area contributed by atoms with Crippen LogP contribution in [0.15, 0.2) is 24.3 Å². The summed E-state index contributed by atoms with van der Waals surface area (Å²) in [5, 5.41) is 0.749. The fourth-order valence-corrected chi connectivity index (χ4v) is 4.26. The van der Waals surface area contributed by atoms with Crippen molar-refractivity contribution in [3.05, 3.63) is 35.8 Å². The van der Waals surface area contributed by atoms with Crippen molar-refractivity contribution in [3.63, 3.8) is 0 Å². The van der Waals surface area contributed by atoms with Gasteiger partial charge in [0.05, 0.1) is 0 Å². The molecule has 2 aromatic rings. The summed E-state index contributed by atoms with van der Waals surface area (Å²) in [6.07, 6.45) is 6.89. The van der Waals surface area contributed by atoms with Crippen LogP contribution in [0.3, 0.4) is 0 Å². The minimum atomic E-state index is -0.276. The lowest BCUT2D eigenvalue weighted by atomic mass is 9.89. The van der Waals surface area contributed by atoms with E-state index in [1.54, 1.807) is 12.1 Å². The molecule has 134 valence electrons. The highest BCUT2D eigenvalue weighted by Crippen LogP contribution is 2.25. The van der Waals surface area contributed by atoms with E-state index in [0.717, 1.165) is 43.0 Å². The van der Waals surface area contributed by atoms with E-state index in [0.29, 0.717) is 5.69 Å². The highest BCUT2D eigenvalue weighted by atomic mass is 19.1. The fraction of sp³-hybridized carbons (Fsp3) is 0.550. The summed E-state index contributed by atoms with van der Waals surface area (Å²) in [5.74, 6) is 0.593. The first kappa shape index (κ1) is 16.6. The Morgan fingerprint density at radius 1 is 1.08 bits per heavy atom. The Balaban J connectivity index is 1.35. The molecule has 1 N–H and O–H groups in total. The molecule has 2 aliphatic rings. The number of benzene rings is 1. The quantitative estimate of drug-likeness (QED) is 0.924. The van der Waals surface area contributed by atoms with Gasteiger partial charge in [0.1, 0.15) is 11.5 Å². The molecule has 0 bridgehead atoms. The van der Waals surface area contributed by atoms with E-state index in [4.69, 9.17) is 0 Å². The predicted molar refractivity (Wildman–Crippen MR) is 97.2 cm³/mol. The van der Waals surface area contributed by atoms with E-state index < -0.39 is 0 Å². The number of hydrogen-bond acceptors (Lipinski definition) is 2. The number of nitrogens with one attached hydrogen (secondary N) is 1. The molecule has 1 aliphatic heterocycles. The lowest BCUT2D eigenvalue weighted by Gasteiger charge is -2.37. The zero-order valence-corrected chi connectivity index (χ0v) is 14.6. The summed E-state index contributed by atoms with van der Waals surface area (Å²) in [6.45, 7) is 4.65. The van der Waals surface area contributed by atoms with Crippen molar-refractivity contribution < 1.29 is 9.18 Å². The molecule has 0 radical (unpaired) electrons. The van der Waals surface area contributed by atoms with E-state index in [9.17, 15) is 9.18 Å². The molecule has 4 nitrogen and oxygen atoms in total. The van der Waals surface area contributed by atoms with Crippen LogP contribution in [-0.4, -0.2) is 53.4 Å². The van der Waals surface area contributed by atoms with E-state index in [-0.39, 0.29) is 11.7 Å². The van der Waals surface area contributed by atoms with Gasteiger partial charge in [-0.05, 0) is 43.0 Å².